The molecule has 2 atom stereocenters. The fourth-order valence-corrected chi connectivity index (χ4v) is 6.35. The van der Waals surface area contributed by atoms with Crippen molar-refractivity contribution < 1.29 is 49.9 Å². The molecule has 0 fully saturated rings. The zero-order chi connectivity index (χ0) is 19.3. The van der Waals surface area contributed by atoms with E-state index in [4.69, 9.17) is 0 Å². The van der Waals surface area contributed by atoms with Crippen LogP contribution in [0, 0.1) is 0 Å². The molecule has 4 rings (SSSR count). The van der Waals surface area contributed by atoms with E-state index in [1.54, 1.807) is 24.3 Å². The molecule has 0 bridgehead atoms. The number of hydrogen-bond donors (Lipinski definition) is 0. The van der Waals surface area contributed by atoms with Crippen LogP contribution in [0.15, 0.2) is 36.4 Å². The summed E-state index contributed by atoms with van der Waals surface area (Å²) in [6.45, 7) is 4.16. The van der Waals surface area contributed by atoms with E-state index in [1.165, 1.54) is 0 Å². The van der Waals surface area contributed by atoms with Crippen molar-refractivity contribution in [3.8, 4) is 0 Å². The molecule has 0 radical (unpaired) electrons. The summed E-state index contributed by atoms with van der Waals surface area (Å²) < 4.78 is 9.71. The Hall–Kier alpha value is -2.55. The van der Waals surface area contributed by atoms with E-state index in [1.807, 2.05) is 12.1 Å². The van der Waals surface area contributed by atoms with Crippen LogP contribution >= 0.6 is 0 Å². The average Bonchev–Trinajstić information content (AvgIpc) is 3.10. The summed E-state index contributed by atoms with van der Waals surface area (Å²) in [5.41, 5.74) is 3.22. The Morgan fingerprint density at radius 3 is 1.41 bits per heavy atom. The molecule has 7 heteroatoms. The number of carbonyl (C=O) groups is 4. The molecule has 0 aromatic heterocycles. The van der Waals surface area contributed by atoms with Gasteiger partial charge in [-0.2, -0.15) is 0 Å². The van der Waals surface area contributed by atoms with Gasteiger partial charge in [0.15, 0.2) is 0 Å². The Labute approximate surface area is 165 Å². The van der Waals surface area contributed by atoms with Gasteiger partial charge in [0, 0.05) is 0 Å². The number of alkyl halides is 2. The summed E-state index contributed by atoms with van der Waals surface area (Å²) in [7, 11) is 0. The SMILES string of the molecule is CC([I-]C(C)c1ccc2c(c1)C(=O)OC2=O)c1ccc2c(c1)C(=O)OC2=O. The molecule has 0 saturated heterocycles. The van der Waals surface area contributed by atoms with Gasteiger partial charge < -0.3 is 0 Å². The standard InChI is InChI=1S/C20H14IO6/c1-9(11-3-5-13-15(7-11)19(24)26-17(13)22)21-10(2)12-4-6-14-16(8-12)20(25)27-18(14)23/h3-10H,1-2H3/q-1. The number of rotatable bonds is 4. The van der Waals surface area contributed by atoms with Crippen LogP contribution in [-0.2, 0) is 9.47 Å². The maximum absolute atomic E-state index is 11.8. The molecule has 0 spiro atoms. The van der Waals surface area contributed by atoms with Gasteiger partial charge in [0.25, 0.3) is 0 Å². The van der Waals surface area contributed by atoms with Crippen molar-refractivity contribution in [2.24, 2.45) is 0 Å². The van der Waals surface area contributed by atoms with E-state index in [0.717, 1.165) is 11.1 Å². The number of carbonyl (C=O) groups excluding carboxylic acids is 4. The number of cyclic esters (lactones) is 4. The Morgan fingerprint density at radius 2 is 1.00 bits per heavy atom. The van der Waals surface area contributed by atoms with E-state index in [-0.39, 0.29) is 7.85 Å². The van der Waals surface area contributed by atoms with Crippen molar-refractivity contribution in [1.29, 1.82) is 0 Å². The van der Waals surface area contributed by atoms with Crippen LogP contribution in [0.25, 0.3) is 0 Å². The van der Waals surface area contributed by atoms with Crippen LogP contribution in [0.2, 0.25) is 0 Å². The Balaban J connectivity index is 1.55. The van der Waals surface area contributed by atoms with E-state index < -0.39 is 45.1 Å². The van der Waals surface area contributed by atoms with Crippen LogP contribution in [0.3, 0.4) is 0 Å². The minimum atomic E-state index is -0.600. The third-order valence-corrected chi connectivity index (χ3v) is 8.23. The number of fused-ring (bicyclic) bond motifs is 2. The number of hydrogen-bond acceptors (Lipinski definition) is 6. The first kappa shape index (κ1) is 17.8. The first-order valence-electron chi connectivity index (χ1n) is 8.28. The molecule has 0 amide bonds. The fraction of sp³-hybridized carbons (Fsp3) is 0.200. The first-order chi connectivity index (χ1) is 12.8. The second-order valence-corrected chi connectivity index (χ2v) is 10.8. The Kier molecular flexibility index (Phi) is 4.33. The van der Waals surface area contributed by atoms with E-state index in [9.17, 15) is 19.2 Å². The molecule has 2 aromatic rings. The second-order valence-electron chi connectivity index (χ2n) is 6.32. The second kappa shape index (κ2) is 6.56. The molecule has 0 aliphatic carbocycles. The van der Waals surface area contributed by atoms with Crippen LogP contribution in [0.1, 0.15) is 74.3 Å². The number of ether oxygens (including phenoxy) is 2. The third-order valence-electron chi connectivity index (χ3n) is 4.63. The van der Waals surface area contributed by atoms with Crippen molar-refractivity contribution in [1.82, 2.24) is 0 Å². The number of halogens is 1. The van der Waals surface area contributed by atoms with Gasteiger partial charge in [0.1, 0.15) is 0 Å². The summed E-state index contributed by atoms with van der Waals surface area (Å²) in [5.74, 6) is -2.40. The molecule has 2 heterocycles. The van der Waals surface area contributed by atoms with Gasteiger partial charge in [-0.3, -0.25) is 0 Å². The average molecular weight is 477 g/mol. The molecule has 0 saturated carbocycles. The maximum atomic E-state index is 11.8. The molecule has 6 nitrogen and oxygen atoms in total. The van der Waals surface area contributed by atoms with Gasteiger partial charge in [0.2, 0.25) is 0 Å². The predicted molar refractivity (Wildman–Crippen MR) is 89.2 cm³/mol. The molecule has 27 heavy (non-hydrogen) atoms. The number of benzene rings is 2. The van der Waals surface area contributed by atoms with Gasteiger partial charge in [0.05, 0.1) is 0 Å². The van der Waals surface area contributed by atoms with Crippen molar-refractivity contribution in [2.45, 2.75) is 21.7 Å². The molecular formula is C20H14IO6-. The van der Waals surface area contributed by atoms with Gasteiger partial charge in [-0.25, -0.2) is 0 Å². The van der Waals surface area contributed by atoms with Crippen molar-refractivity contribution in [3.63, 3.8) is 0 Å². The molecule has 2 aromatic carbocycles. The number of esters is 4. The summed E-state index contributed by atoms with van der Waals surface area (Å²) >= 11 is -0.399. The van der Waals surface area contributed by atoms with Crippen molar-refractivity contribution in [3.05, 3.63) is 69.8 Å². The van der Waals surface area contributed by atoms with Crippen molar-refractivity contribution in [2.75, 3.05) is 0 Å². The summed E-state index contributed by atoms with van der Waals surface area (Å²) in [5, 5.41) is 0. The fourth-order valence-electron chi connectivity index (χ4n) is 3.13. The normalized spacial score (nSPS) is 17.4. The topological polar surface area (TPSA) is 86.7 Å². The van der Waals surface area contributed by atoms with E-state index >= 15 is 0 Å². The van der Waals surface area contributed by atoms with Gasteiger partial charge >= 0.3 is 165 Å². The van der Waals surface area contributed by atoms with Crippen LogP contribution in [0.4, 0.5) is 0 Å². The zero-order valence-electron chi connectivity index (χ0n) is 14.4. The summed E-state index contributed by atoms with van der Waals surface area (Å²) in [6, 6.07) is 10.5. The Bertz CT molecular complexity index is 944. The molecular weight excluding hydrogens is 463 g/mol. The zero-order valence-corrected chi connectivity index (χ0v) is 16.6. The van der Waals surface area contributed by atoms with E-state index in [2.05, 4.69) is 23.3 Å². The first-order valence-corrected chi connectivity index (χ1v) is 10.8. The monoisotopic (exact) mass is 477 g/mol. The van der Waals surface area contributed by atoms with Crippen LogP contribution in [-0.4, -0.2) is 23.9 Å². The van der Waals surface area contributed by atoms with Gasteiger partial charge in [-0.05, 0) is 0 Å². The van der Waals surface area contributed by atoms with E-state index in [0.29, 0.717) is 22.3 Å². The third kappa shape index (κ3) is 3.05. The molecule has 2 aliphatic heterocycles. The van der Waals surface area contributed by atoms with Gasteiger partial charge in [-0.15, -0.1) is 0 Å². The minimum absolute atomic E-state index is 0.217. The quantitative estimate of drug-likeness (QED) is 0.271. The van der Waals surface area contributed by atoms with Crippen LogP contribution in [0.5, 0.6) is 0 Å². The predicted octanol–water partition coefficient (Wildman–Crippen LogP) is 0.219. The molecule has 2 unspecified atom stereocenters. The summed E-state index contributed by atoms with van der Waals surface area (Å²) in [4.78, 5) is 46.6. The van der Waals surface area contributed by atoms with Crippen molar-refractivity contribution >= 4 is 23.9 Å². The van der Waals surface area contributed by atoms with Gasteiger partial charge in [-0.1, -0.05) is 0 Å². The summed E-state index contributed by atoms with van der Waals surface area (Å²) in [6.07, 6.45) is 0. The Morgan fingerprint density at radius 1 is 0.630 bits per heavy atom. The van der Waals surface area contributed by atoms with Crippen LogP contribution < -0.4 is 21.2 Å². The molecule has 138 valence electrons. The molecule has 0 N–H and O–H groups in total. The molecule has 2 aliphatic rings.